The first-order valence-electron chi connectivity index (χ1n) is 11.2. The molecule has 0 spiro atoms. The van der Waals surface area contributed by atoms with Gasteiger partial charge in [-0.2, -0.15) is 5.26 Å². The van der Waals surface area contributed by atoms with Gasteiger partial charge >= 0.3 is 6.09 Å². The molecule has 2 heterocycles. The van der Waals surface area contributed by atoms with Crippen molar-refractivity contribution in [2.24, 2.45) is 0 Å². The highest BCUT2D eigenvalue weighted by Gasteiger charge is 2.30. The third-order valence-electron chi connectivity index (χ3n) is 6.70. The van der Waals surface area contributed by atoms with Crippen molar-refractivity contribution in [1.29, 1.82) is 5.26 Å². The fourth-order valence-corrected chi connectivity index (χ4v) is 5.69. The number of nitrogens with zero attached hydrogens (tertiary/aromatic N) is 5. The zero-order valence-corrected chi connectivity index (χ0v) is 19.6. The Kier molecular flexibility index (Phi) is 5.84. The SMILES string of the molecule is CN(c1nc(-c2ccc(F)cc2)c(C#N)s1)C1CCc2ccc(N3CCN(C(=O)O)CC3)cc21. The van der Waals surface area contributed by atoms with Crippen LogP contribution in [-0.2, 0) is 6.42 Å². The highest BCUT2D eigenvalue weighted by molar-refractivity contribution is 7.16. The van der Waals surface area contributed by atoms with Crippen LogP contribution in [0.5, 0.6) is 0 Å². The van der Waals surface area contributed by atoms with Gasteiger partial charge in [0, 0.05) is 44.5 Å². The second-order valence-corrected chi connectivity index (χ2v) is 9.58. The highest BCUT2D eigenvalue weighted by Crippen LogP contribution is 2.42. The summed E-state index contributed by atoms with van der Waals surface area (Å²) < 4.78 is 13.4. The Hall–Kier alpha value is -3.64. The van der Waals surface area contributed by atoms with E-state index in [4.69, 9.17) is 4.98 Å². The molecule has 1 aromatic heterocycles. The summed E-state index contributed by atoms with van der Waals surface area (Å²) in [7, 11) is 2.01. The summed E-state index contributed by atoms with van der Waals surface area (Å²) in [6.07, 6.45) is 1.06. The molecule has 34 heavy (non-hydrogen) atoms. The Balaban J connectivity index is 1.39. The number of benzene rings is 2. The Morgan fingerprint density at radius 3 is 2.62 bits per heavy atom. The summed E-state index contributed by atoms with van der Waals surface area (Å²) in [6, 6.07) is 15.0. The zero-order valence-electron chi connectivity index (χ0n) is 18.7. The van der Waals surface area contributed by atoms with Crippen molar-refractivity contribution in [2.45, 2.75) is 18.9 Å². The minimum absolute atomic E-state index is 0.133. The molecule has 1 atom stereocenters. The molecular weight excluding hydrogens is 453 g/mol. The average molecular weight is 478 g/mol. The second-order valence-electron chi connectivity index (χ2n) is 8.60. The topological polar surface area (TPSA) is 83.7 Å². The average Bonchev–Trinajstić information content (AvgIpc) is 3.48. The number of aromatic nitrogens is 1. The summed E-state index contributed by atoms with van der Waals surface area (Å²) >= 11 is 1.35. The van der Waals surface area contributed by atoms with Crippen molar-refractivity contribution < 1.29 is 14.3 Å². The van der Waals surface area contributed by atoms with Gasteiger partial charge < -0.3 is 19.8 Å². The molecule has 2 aromatic carbocycles. The lowest BCUT2D eigenvalue weighted by atomic mass is 10.1. The van der Waals surface area contributed by atoms with Gasteiger partial charge in [0.05, 0.1) is 6.04 Å². The number of amides is 1. The quantitative estimate of drug-likeness (QED) is 0.584. The maximum atomic E-state index is 13.4. The standard InChI is InChI=1S/C25H24FN5O2S/c1-29(24-28-23(22(15-27)34-24)17-2-6-18(26)7-3-17)21-9-5-16-4-8-19(14-20(16)21)30-10-12-31(13-11-30)25(32)33/h2-4,6-8,14,21H,5,9-13H2,1H3,(H,32,33). The van der Waals surface area contributed by atoms with Gasteiger partial charge in [0.25, 0.3) is 0 Å². The summed E-state index contributed by atoms with van der Waals surface area (Å²) in [5, 5.41) is 19.6. The molecule has 0 bridgehead atoms. The van der Waals surface area contributed by atoms with Crippen LogP contribution in [0.15, 0.2) is 42.5 Å². The first-order valence-corrected chi connectivity index (χ1v) is 12.0. The first-order chi connectivity index (χ1) is 16.4. The van der Waals surface area contributed by atoms with Crippen molar-refractivity contribution in [3.63, 3.8) is 0 Å². The molecule has 3 aromatic rings. The lowest BCUT2D eigenvalue weighted by Crippen LogP contribution is -2.48. The Bertz CT molecular complexity index is 1260. The van der Waals surface area contributed by atoms with Crippen molar-refractivity contribution in [2.75, 3.05) is 43.0 Å². The number of halogens is 1. The van der Waals surface area contributed by atoms with E-state index in [9.17, 15) is 19.6 Å². The van der Waals surface area contributed by atoms with Crippen molar-refractivity contribution in [3.05, 3.63) is 64.3 Å². The first kappa shape index (κ1) is 22.2. The van der Waals surface area contributed by atoms with Crippen molar-refractivity contribution >= 4 is 28.2 Å². The largest absolute Gasteiger partial charge is 0.465 e. The van der Waals surface area contributed by atoms with Gasteiger partial charge in [-0.15, -0.1) is 0 Å². The predicted octanol–water partition coefficient (Wildman–Crippen LogP) is 4.74. The highest BCUT2D eigenvalue weighted by atomic mass is 32.1. The van der Waals surface area contributed by atoms with E-state index in [-0.39, 0.29) is 11.9 Å². The van der Waals surface area contributed by atoms with Crippen LogP contribution < -0.4 is 9.80 Å². The molecule has 1 fully saturated rings. The lowest BCUT2D eigenvalue weighted by molar-refractivity contribution is 0.142. The molecule has 2 aliphatic rings. The predicted molar refractivity (Wildman–Crippen MR) is 130 cm³/mol. The van der Waals surface area contributed by atoms with E-state index < -0.39 is 6.09 Å². The van der Waals surface area contributed by atoms with E-state index >= 15 is 0 Å². The number of nitriles is 1. The number of anilines is 2. The third-order valence-corrected chi connectivity index (χ3v) is 7.75. The molecule has 7 nitrogen and oxygen atoms in total. The van der Waals surface area contributed by atoms with Crippen LogP contribution in [-0.4, -0.2) is 54.3 Å². The molecule has 1 saturated heterocycles. The van der Waals surface area contributed by atoms with Crippen LogP contribution in [0, 0.1) is 17.1 Å². The number of rotatable bonds is 4. The Labute approximate surface area is 201 Å². The van der Waals surface area contributed by atoms with Gasteiger partial charge in [-0.05, 0) is 60.4 Å². The van der Waals surface area contributed by atoms with Gasteiger partial charge in [-0.1, -0.05) is 17.4 Å². The van der Waals surface area contributed by atoms with Gasteiger partial charge in [0.2, 0.25) is 0 Å². The van der Waals surface area contributed by atoms with Crippen molar-refractivity contribution in [3.8, 4) is 17.3 Å². The monoisotopic (exact) mass is 477 g/mol. The summed E-state index contributed by atoms with van der Waals surface area (Å²) in [5.41, 5.74) is 4.97. The number of hydrogen-bond donors (Lipinski definition) is 1. The minimum atomic E-state index is -0.865. The molecule has 1 amide bonds. The molecule has 1 aliphatic carbocycles. The summed E-state index contributed by atoms with van der Waals surface area (Å²) in [5.74, 6) is -0.322. The van der Waals surface area contributed by atoms with Gasteiger partial charge in [0.15, 0.2) is 5.13 Å². The molecule has 0 radical (unpaired) electrons. The van der Waals surface area contributed by atoms with Crippen LogP contribution in [0.1, 0.15) is 28.5 Å². The molecular formula is C25H24FN5O2S. The maximum absolute atomic E-state index is 13.4. The van der Waals surface area contributed by atoms with E-state index in [1.807, 2.05) is 7.05 Å². The van der Waals surface area contributed by atoms with Crippen LogP contribution >= 0.6 is 11.3 Å². The maximum Gasteiger partial charge on any atom is 0.407 e. The molecule has 1 N–H and O–H groups in total. The smallest absolute Gasteiger partial charge is 0.407 e. The van der Waals surface area contributed by atoms with E-state index in [0.29, 0.717) is 36.8 Å². The Morgan fingerprint density at radius 2 is 1.94 bits per heavy atom. The second kappa shape index (κ2) is 8.95. The Morgan fingerprint density at radius 1 is 1.21 bits per heavy atom. The lowest BCUT2D eigenvalue weighted by Gasteiger charge is -2.35. The summed E-state index contributed by atoms with van der Waals surface area (Å²) in [4.78, 5) is 22.3. The van der Waals surface area contributed by atoms with Crippen molar-refractivity contribution in [1.82, 2.24) is 9.88 Å². The molecule has 174 valence electrons. The molecule has 5 rings (SSSR count). The zero-order chi connectivity index (χ0) is 23.8. The number of piperazine rings is 1. The van der Waals surface area contributed by atoms with E-state index in [1.54, 1.807) is 12.1 Å². The fraction of sp³-hybridized carbons (Fsp3) is 0.320. The number of carboxylic acid groups (broad SMARTS) is 1. The number of hydrogen-bond acceptors (Lipinski definition) is 6. The minimum Gasteiger partial charge on any atom is -0.465 e. The van der Waals surface area contributed by atoms with Gasteiger partial charge in [-0.3, -0.25) is 0 Å². The number of thiazole rings is 1. The van der Waals surface area contributed by atoms with E-state index in [0.717, 1.165) is 29.2 Å². The van der Waals surface area contributed by atoms with Gasteiger partial charge in [0.1, 0.15) is 22.5 Å². The number of carbonyl (C=O) groups is 1. The van der Waals surface area contributed by atoms with E-state index in [1.165, 1.54) is 39.5 Å². The molecule has 1 unspecified atom stereocenters. The van der Waals surface area contributed by atoms with Crippen LogP contribution in [0.4, 0.5) is 20.0 Å². The van der Waals surface area contributed by atoms with Crippen LogP contribution in [0.2, 0.25) is 0 Å². The number of fused-ring (bicyclic) bond motifs is 1. The normalized spacial score (nSPS) is 17.4. The molecule has 0 saturated carbocycles. The van der Waals surface area contributed by atoms with Gasteiger partial charge in [-0.25, -0.2) is 14.2 Å². The molecule has 1 aliphatic heterocycles. The van der Waals surface area contributed by atoms with E-state index in [2.05, 4.69) is 34.1 Å². The third kappa shape index (κ3) is 4.05. The molecule has 9 heteroatoms. The van der Waals surface area contributed by atoms with Crippen LogP contribution in [0.25, 0.3) is 11.3 Å². The fourth-order valence-electron chi connectivity index (χ4n) is 4.80. The number of aryl methyl sites for hydroxylation is 1. The van der Waals surface area contributed by atoms with Crippen LogP contribution in [0.3, 0.4) is 0 Å². The summed E-state index contributed by atoms with van der Waals surface area (Å²) in [6.45, 7) is 2.34.